The van der Waals surface area contributed by atoms with Crippen molar-refractivity contribution in [3.8, 4) is 17.0 Å². The molecule has 0 unspecified atom stereocenters. The summed E-state index contributed by atoms with van der Waals surface area (Å²) in [7, 11) is 1.61. The molecule has 2 aromatic carbocycles. The lowest BCUT2D eigenvalue weighted by Gasteiger charge is -2.21. The second kappa shape index (κ2) is 8.65. The van der Waals surface area contributed by atoms with Crippen molar-refractivity contribution in [2.75, 3.05) is 7.11 Å². The number of ether oxygens (including phenoxy) is 1. The maximum absolute atomic E-state index is 12.5. The lowest BCUT2D eigenvalue weighted by Crippen LogP contribution is -2.20. The van der Waals surface area contributed by atoms with Crippen LogP contribution in [0.1, 0.15) is 42.4 Å². The summed E-state index contributed by atoms with van der Waals surface area (Å²) in [6.07, 6.45) is 4.68. The molecule has 1 N–H and O–H groups in total. The van der Waals surface area contributed by atoms with Crippen molar-refractivity contribution in [2.45, 2.75) is 26.2 Å². The van der Waals surface area contributed by atoms with Gasteiger partial charge in [-0.15, -0.1) is 0 Å². The Balaban J connectivity index is 1.74. The minimum Gasteiger partial charge on any atom is -0.497 e. The average molecular weight is 388 g/mol. The standard InChI is InChI=1S/C23H24N4O2/c1-23(2,3)19-8-6-5-7-17(19)13-25-27-22(28)21-15-24-14-20(26-21)16-9-11-18(29-4)12-10-16/h5-15H,1-4H3,(H,27,28)/b25-13+. The first-order valence-corrected chi connectivity index (χ1v) is 9.28. The van der Waals surface area contributed by atoms with Crippen molar-refractivity contribution < 1.29 is 9.53 Å². The summed E-state index contributed by atoms with van der Waals surface area (Å²) in [5.41, 5.74) is 6.25. The Bertz CT molecular complexity index is 1020. The molecule has 6 heteroatoms. The quantitative estimate of drug-likeness (QED) is 0.525. The monoisotopic (exact) mass is 388 g/mol. The molecule has 1 aromatic heterocycles. The molecule has 0 radical (unpaired) electrons. The number of hydrazone groups is 1. The molecule has 0 bridgehead atoms. The molecule has 3 rings (SSSR count). The van der Waals surface area contributed by atoms with Gasteiger partial charge in [-0.2, -0.15) is 5.10 Å². The Morgan fingerprint density at radius 1 is 1.07 bits per heavy atom. The topological polar surface area (TPSA) is 76.5 Å². The highest BCUT2D eigenvalue weighted by Gasteiger charge is 2.16. The minimum absolute atomic E-state index is 0.0230. The molecule has 0 atom stereocenters. The first kappa shape index (κ1) is 20.2. The summed E-state index contributed by atoms with van der Waals surface area (Å²) in [5.74, 6) is 0.331. The van der Waals surface area contributed by atoms with E-state index in [-0.39, 0.29) is 11.1 Å². The van der Waals surface area contributed by atoms with Crippen molar-refractivity contribution in [3.05, 3.63) is 77.7 Å². The minimum atomic E-state index is -0.419. The van der Waals surface area contributed by atoms with Gasteiger partial charge in [-0.05, 0) is 40.8 Å². The van der Waals surface area contributed by atoms with Crippen LogP contribution in [0.15, 0.2) is 66.0 Å². The fourth-order valence-corrected chi connectivity index (χ4v) is 2.89. The van der Waals surface area contributed by atoms with Crippen LogP contribution >= 0.6 is 0 Å². The molecule has 0 aliphatic rings. The fourth-order valence-electron chi connectivity index (χ4n) is 2.89. The highest BCUT2D eigenvalue weighted by molar-refractivity contribution is 5.93. The highest BCUT2D eigenvalue weighted by Crippen LogP contribution is 2.24. The Labute approximate surface area is 170 Å². The molecular formula is C23H24N4O2. The number of nitrogens with zero attached hydrogens (tertiary/aromatic N) is 3. The van der Waals surface area contributed by atoms with E-state index in [1.165, 1.54) is 6.20 Å². The van der Waals surface area contributed by atoms with Gasteiger partial charge in [0.25, 0.3) is 5.91 Å². The van der Waals surface area contributed by atoms with Crippen LogP contribution in [-0.4, -0.2) is 29.2 Å². The first-order chi connectivity index (χ1) is 13.9. The average Bonchev–Trinajstić information content (AvgIpc) is 2.73. The summed E-state index contributed by atoms with van der Waals surface area (Å²) < 4.78 is 5.16. The Morgan fingerprint density at radius 2 is 1.79 bits per heavy atom. The Morgan fingerprint density at radius 3 is 2.48 bits per heavy atom. The van der Waals surface area contributed by atoms with Crippen LogP contribution in [-0.2, 0) is 5.41 Å². The summed E-state index contributed by atoms with van der Waals surface area (Å²) in [6.45, 7) is 6.41. The summed E-state index contributed by atoms with van der Waals surface area (Å²) in [5, 5.41) is 4.11. The third-order valence-electron chi connectivity index (χ3n) is 4.39. The van der Waals surface area contributed by atoms with Gasteiger partial charge in [0.2, 0.25) is 0 Å². The zero-order valence-corrected chi connectivity index (χ0v) is 17.0. The van der Waals surface area contributed by atoms with Gasteiger partial charge in [0.15, 0.2) is 0 Å². The molecule has 148 valence electrons. The summed E-state index contributed by atoms with van der Waals surface area (Å²) in [4.78, 5) is 21.0. The number of carbonyl (C=O) groups excluding carboxylic acids is 1. The van der Waals surface area contributed by atoms with Crippen LogP contribution in [0.5, 0.6) is 5.75 Å². The molecule has 3 aromatic rings. The van der Waals surface area contributed by atoms with Crippen LogP contribution in [0, 0.1) is 0 Å². The maximum atomic E-state index is 12.5. The predicted octanol–water partition coefficient (Wildman–Crippen LogP) is 4.21. The number of rotatable bonds is 5. The van der Waals surface area contributed by atoms with Crippen LogP contribution < -0.4 is 10.2 Å². The van der Waals surface area contributed by atoms with E-state index in [2.05, 4.69) is 47.3 Å². The van der Waals surface area contributed by atoms with E-state index in [0.29, 0.717) is 5.69 Å². The van der Waals surface area contributed by atoms with Gasteiger partial charge in [0.1, 0.15) is 11.4 Å². The molecule has 0 saturated heterocycles. The zero-order chi connectivity index (χ0) is 20.9. The molecule has 0 spiro atoms. The van der Waals surface area contributed by atoms with Gasteiger partial charge < -0.3 is 4.74 Å². The number of methoxy groups -OCH3 is 1. The zero-order valence-electron chi connectivity index (χ0n) is 17.0. The number of hydrogen-bond donors (Lipinski definition) is 1. The highest BCUT2D eigenvalue weighted by atomic mass is 16.5. The van der Waals surface area contributed by atoms with Crippen molar-refractivity contribution in [2.24, 2.45) is 5.10 Å². The second-order valence-electron chi connectivity index (χ2n) is 7.55. The molecule has 0 aliphatic carbocycles. The first-order valence-electron chi connectivity index (χ1n) is 9.28. The number of amides is 1. The van der Waals surface area contributed by atoms with E-state index in [1.54, 1.807) is 19.5 Å². The number of carbonyl (C=O) groups is 1. The number of aromatic nitrogens is 2. The van der Waals surface area contributed by atoms with E-state index in [9.17, 15) is 4.79 Å². The lowest BCUT2D eigenvalue weighted by atomic mass is 9.84. The van der Waals surface area contributed by atoms with Crippen molar-refractivity contribution in [3.63, 3.8) is 0 Å². The third kappa shape index (κ3) is 5.04. The normalized spacial score (nSPS) is 11.4. The second-order valence-corrected chi connectivity index (χ2v) is 7.55. The summed E-state index contributed by atoms with van der Waals surface area (Å²) >= 11 is 0. The van der Waals surface area contributed by atoms with Crippen LogP contribution in [0.4, 0.5) is 0 Å². The van der Waals surface area contributed by atoms with Gasteiger partial charge in [0.05, 0.1) is 31.4 Å². The van der Waals surface area contributed by atoms with Crippen molar-refractivity contribution >= 4 is 12.1 Å². The van der Waals surface area contributed by atoms with Gasteiger partial charge >= 0.3 is 0 Å². The van der Waals surface area contributed by atoms with Crippen LogP contribution in [0.25, 0.3) is 11.3 Å². The molecule has 6 nitrogen and oxygen atoms in total. The molecular weight excluding hydrogens is 364 g/mol. The van der Waals surface area contributed by atoms with E-state index in [1.807, 2.05) is 42.5 Å². The molecule has 29 heavy (non-hydrogen) atoms. The number of nitrogens with one attached hydrogen (secondary N) is 1. The van der Waals surface area contributed by atoms with Crippen LogP contribution in [0.2, 0.25) is 0 Å². The van der Waals surface area contributed by atoms with Gasteiger partial charge in [-0.3, -0.25) is 9.78 Å². The smallest absolute Gasteiger partial charge is 0.291 e. The van der Waals surface area contributed by atoms with E-state index < -0.39 is 5.91 Å². The van der Waals surface area contributed by atoms with E-state index in [0.717, 1.165) is 22.4 Å². The number of benzene rings is 2. The Kier molecular flexibility index (Phi) is 6.02. The van der Waals surface area contributed by atoms with E-state index in [4.69, 9.17) is 4.74 Å². The third-order valence-corrected chi connectivity index (χ3v) is 4.39. The van der Waals surface area contributed by atoms with Crippen molar-refractivity contribution in [1.29, 1.82) is 0 Å². The van der Waals surface area contributed by atoms with Gasteiger partial charge in [0, 0.05) is 5.56 Å². The largest absolute Gasteiger partial charge is 0.497 e. The van der Waals surface area contributed by atoms with E-state index >= 15 is 0 Å². The molecule has 0 fully saturated rings. The Hall–Kier alpha value is -3.54. The fraction of sp³-hybridized carbons (Fsp3) is 0.217. The predicted molar refractivity (Wildman–Crippen MR) is 114 cm³/mol. The molecule has 1 heterocycles. The molecule has 0 saturated carbocycles. The molecule has 1 amide bonds. The number of hydrogen-bond acceptors (Lipinski definition) is 5. The lowest BCUT2D eigenvalue weighted by molar-refractivity contribution is 0.0950. The molecule has 0 aliphatic heterocycles. The maximum Gasteiger partial charge on any atom is 0.291 e. The SMILES string of the molecule is COc1ccc(-c2cncc(C(=O)N/N=C/c3ccccc3C(C)(C)C)n2)cc1. The van der Waals surface area contributed by atoms with Crippen molar-refractivity contribution in [1.82, 2.24) is 15.4 Å². The van der Waals surface area contributed by atoms with Gasteiger partial charge in [-0.1, -0.05) is 45.0 Å². The van der Waals surface area contributed by atoms with Crippen LogP contribution in [0.3, 0.4) is 0 Å². The summed E-state index contributed by atoms with van der Waals surface area (Å²) in [6, 6.07) is 15.4. The van der Waals surface area contributed by atoms with Gasteiger partial charge in [-0.25, -0.2) is 10.4 Å².